The molecule has 0 saturated heterocycles. The highest BCUT2D eigenvalue weighted by Crippen LogP contribution is 2.26. The molecule has 11 heteroatoms. The molecule has 3 rings (SSSR count). The molecule has 0 bridgehead atoms. The highest BCUT2D eigenvalue weighted by molar-refractivity contribution is 5.92. The van der Waals surface area contributed by atoms with Crippen molar-refractivity contribution in [3.63, 3.8) is 0 Å². The number of halogens is 2. The van der Waals surface area contributed by atoms with Gasteiger partial charge in [-0.2, -0.15) is 0 Å². The molecular formula is C30H35F2N3O6. The monoisotopic (exact) mass is 571 g/mol. The van der Waals surface area contributed by atoms with Crippen molar-refractivity contribution < 1.29 is 37.2 Å². The summed E-state index contributed by atoms with van der Waals surface area (Å²) in [4.78, 5) is 42.8. The van der Waals surface area contributed by atoms with Gasteiger partial charge in [-0.25, -0.2) is 13.8 Å². The first-order valence-corrected chi connectivity index (χ1v) is 13.5. The third kappa shape index (κ3) is 10.7. The summed E-state index contributed by atoms with van der Waals surface area (Å²) in [6.45, 7) is 1.44. The number of nitrogens with zero attached hydrogens (tertiary/aromatic N) is 1. The number of unbranched alkanes of at least 4 members (excludes halogenated alkanes) is 2. The maximum Gasteiger partial charge on any atom is 0.288 e. The summed E-state index contributed by atoms with van der Waals surface area (Å²) in [5.74, 6) is -0.798. The van der Waals surface area contributed by atoms with Crippen molar-refractivity contribution in [3.05, 3.63) is 78.1 Å². The summed E-state index contributed by atoms with van der Waals surface area (Å²) < 4.78 is 35.5. The molecule has 0 aliphatic carbocycles. The minimum absolute atomic E-state index is 0.00842. The highest BCUT2D eigenvalue weighted by atomic mass is 19.3. The number of hydrogen-bond acceptors (Lipinski definition) is 6. The second kappa shape index (κ2) is 16.8. The van der Waals surface area contributed by atoms with Crippen LogP contribution in [0.3, 0.4) is 0 Å². The molecule has 0 aliphatic heterocycles. The average molecular weight is 572 g/mol. The Morgan fingerprint density at radius 2 is 1.83 bits per heavy atom. The van der Waals surface area contributed by atoms with E-state index >= 15 is 0 Å². The van der Waals surface area contributed by atoms with Gasteiger partial charge in [0, 0.05) is 5.56 Å². The number of alkyl halides is 2. The van der Waals surface area contributed by atoms with Gasteiger partial charge >= 0.3 is 0 Å². The molecular weight excluding hydrogens is 536 g/mol. The van der Waals surface area contributed by atoms with Crippen LogP contribution >= 0.6 is 0 Å². The Hall–Kier alpha value is -4.25. The first-order chi connectivity index (χ1) is 19.9. The third-order valence-corrected chi connectivity index (χ3v) is 6.12. The van der Waals surface area contributed by atoms with Crippen LogP contribution in [0.5, 0.6) is 5.75 Å². The van der Waals surface area contributed by atoms with E-state index in [1.165, 1.54) is 12.1 Å². The van der Waals surface area contributed by atoms with E-state index in [0.29, 0.717) is 24.2 Å². The van der Waals surface area contributed by atoms with Gasteiger partial charge in [0.2, 0.25) is 12.3 Å². The van der Waals surface area contributed by atoms with Gasteiger partial charge in [0.05, 0.1) is 19.1 Å². The molecule has 0 unspecified atom stereocenters. The minimum Gasteiger partial charge on any atom is -0.488 e. The topological polar surface area (TPSA) is 110 Å². The predicted molar refractivity (Wildman–Crippen MR) is 148 cm³/mol. The lowest BCUT2D eigenvalue weighted by Crippen LogP contribution is -2.43. The summed E-state index contributed by atoms with van der Waals surface area (Å²) in [7, 11) is 0. The van der Waals surface area contributed by atoms with Gasteiger partial charge in [-0.05, 0) is 36.2 Å². The lowest BCUT2D eigenvalue weighted by Gasteiger charge is -2.23. The van der Waals surface area contributed by atoms with Crippen LogP contribution in [0.1, 0.15) is 48.7 Å². The standard InChI is InChI=1S/C30H35F2N3O6/c1-2-3-5-11-24(17-35(21-36)40-18-22-9-6-4-7-10-22)29(37)33-20-34-30(38)27-15-14-26(41-27)23-12-8-13-25(16-23)39-19-28(31)32/h4,6-10,12-16,21,24,28H,2-3,5,11,17-20H2,1H3,(H,33,37)(H,34,38)/t24-/m1/s1. The number of hydroxylamine groups is 2. The third-order valence-electron chi connectivity index (χ3n) is 6.12. The van der Waals surface area contributed by atoms with E-state index in [1.807, 2.05) is 30.3 Å². The number of carbonyl (C=O) groups excluding carboxylic acids is 3. The molecule has 41 heavy (non-hydrogen) atoms. The van der Waals surface area contributed by atoms with E-state index in [2.05, 4.69) is 17.6 Å². The Labute approximate surface area is 237 Å². The molecule has 1 heterocycles. The van der Waals surface area contributed by atoms with Crippen LogP contribution in [-0.2, 0) is 21.0 Å². The van der Waals surface area contributed by atoms with E-state index < -0.39 is 24.9 Å². The number of amides is 3. The fourth-order valence-electron chi connectivity index (χ4n) is 3.98. The van der Waals surface area contributed by atoms with Crippen LogP contribution in [0.15, 0.2) is 71.1 Å². The van der Waals surface area contributed by atoms with Gasteiger partial charge in [0.15, 0.2) is 5.76 Å². The van der Waals surface area contributed by atoms with E-state index in [0.717, 1.165) is 29.9 Å². The Morgan fingerprint density at radius 3 is 2.56 bits per heavy atom. The Bertz CT molecular complexity index is 1240. The fourth-order valence-corrected chi connectivity index (χ4v) is 3.98. The molecule has 0 saturated carbocycles. The van der Waals surface area contributed by atoms with Crippen molar-refractivity contribution in [2.24, 2.45) is 5.92 Å². The second-order valence-corrected chi connectivity index (χ2v) is 9.27. The molecule has 0 fully saturated rings. The van der Waals surface area contributed by atoms with Gasteiger partial charge in [0.25, 0.3) is 12.3 Å². The van der Waals surface area contributed by atoms with Crippen molar-refractivity contribution in [2.75, 3.05) is 19.8 Å². The van der Waals surface area contributed by atoms with Crippen LogP contribution in [0.2, 0.25) is 0 Å². The summed E-state index contributed by atoms with van der Waals surface area (Å²) in [6.07, 6.45) is 1.23. The number of nitrogens with one attached hydrogen (secondary N) is 2. The Kier molecular flexibility index (Phi) is 12.8. The molecule has 220 valence electrons. The van der Waals surface area contributed by atoms with Gasteiger partial charge in [-0.15, -0.1) is 0 Å². The first-order valence-electron chi connectivity index (χ1n) is 13.5. The van der Waals surface area contributed by atoms with Crippen LogP contribution in [0.4, 0.5) is 8.78 Å². The number of furan rings is 1. The summed E-state index contributed by atoms with van der Waals surface area (Å²) in [6, 6.07) is 18.8. The first kappa shape index (κ1) is 31.3. The van der Waals surface area contributed by atoms with E-state index in [1.54, 1.807) is 24.3 Å². The van der Waals surface area contributed by atoms with Crippen LogP contribution < -0.4 is 15.4 Å². The molecule has 2 aromatic carbocycles. The largest absolute Gasteiger partial charge is 0.488 e. The molecule has 3 aromatic rings. The minimum atomic E-state index is -2.60. The molecule has 2 N–H and O–H groups in total. The lowest BCUT2D eigenvalue weighted by molar-refractivity contribution is -0.182. The van der Waals surface area contributed by atoms with Crippen molar-refractivity contribution in [1.29, 1.82) is 0 Å². The van der Waals surface area contributed by atoms with Crippen molar-refractivity contribution in [1.82, 2.24) is 15.7 Å². The normalized spacial score (nSPS) is 11.6. The van der Waals surface area contributed by atoms with Gasteiger partial charge in [0.1, 0.15) is 24.7 Å². The number of hydrogen-bond donors (Lipinski definition) is 2. The Balaban J connectivity index is 1.52. The van der Waals surface area contributed by atoms with Crippen molar-refractivity contribution >= 4 is 18.2 Å². The van der Waals surface area contributed by atoms with Crippen molar-refractivity contribution in [2.45, 2.75) is 45.6 Å². The molecule has 0 aliphatic rings. The molecule has 0 radical (unpaired) electrons. The zero-order chi connectivity index (χ0) is 29.5. The fraction of sp³-hybridized carbons (Fsp3) is 0.367. The zero-order valence-electron chi connectivity index (χ0n) is 22.9. The van der Waals surface area contributed by atoms with Gasteiger partial charge < -0.3 is 19.8 Å². The highest BCUT2D eigenvalue weighted by Gasteiger charge is 2.22. The van der Waals surface area contributed by atoms with E-state index in [9.17, 15) is 23.2 Å². The molecule has 1 aromatic heterocycles. The summed E-state index contributed by atoms with van der Waals surface area (Å²) in [5.41, 5.74) is 1.44. The number of benzene rings is 2. The van der Waals surface area contributed by atoms with Crippen molar-refractivity contribution in [3.8, 4) is 17.1 Å². The summed E-state index contributed by atoms with van der Waals surface area (Å²) in [5, 5.41) is 6.41. The quantitative estimate of drug-likeness (QED) is 0.0943. The second-order valence-electron chi connectivity index (χ2n) is 9.27. The molecule has 1 atom stereocenters. The molecule has 0 spiro atoms. The van der Waals surface area contributed by atoms with Gasteiger partial charge in [-0.3, -0.25) is 19.2 Å². The predicted octanol–water partition coefficient (Wildman–Crippen LogP) is 5.18. The molecule has 3 amide bonds. The summed E-state index contributed by atoms with van der Waals surface area (Å²) >= 11 is 0. The number of rotatable bonds is 18. The zero-order valence-corrected chi connectivity index (χ0v) is 22.9. The van der Waals surface area contributed by atoms with E-state index in [-0.39, 0.29) is 37.2 Å². The average Bonchev–Trinajstić information content (AvgIpc) is 3.49. The number of ether oxygens (including phenoxy) is 1. The van der Waals surface area contributed by atoms with Crippen LogP contribution in [-0.4, -0.2) is 49.5 Å². The van der Waals surface area contributed by atoms with Gasteiger partial charge in [-0.1, -0.05) is 68.7 Å². The lowest BCUT2D eigenvalue weighted by atomic mass is 10.0. The van der Waals surface area contributed by atoms with Crippen LogP contribution in [0, 0.1) is 5.92 Å². The number of carbonyl (C=O) groups is 3. The molecule has 9 nitrogen and oxygen atoms in total. The maximum absolute atomic E-state index is 13.0. The van der Waals surface area contributed by atoms with E-state index in [4.69, 9.17) is 14.0 Å². The Morgan fingerprint density at radius 1 is 1.02 bits per heavy atom. The maximum atomic E-state index is 13.0. The van der Waals surface area contributed by atoms with Crippen LogP contribution in [0.25, 0.3) is 11.3 Å². The smallest absolute Gasteiger partial charge is 0.288 e. The SMILES string of the molecule is CCCCC[C@H](CN(C=O)OCc1ccccc1)C(=O)NCNC(=O)c1ccc(-c2cccc(OCC(F)F)c2)o1.